The lowest BCUT2D eigenvalue weighted by Crippen LogP contribution is -2.23. The van der Waals surface area contributed by atoms with Crippen LogP contribution < -0.4 is 9.47 Å². The normalized spacial score (nSPS) is 15.3. The first-order chi connectivity index (χ1) is 19.0. The molecule has 5 rings (SSSR count). The predicted octanol–water partition coefficient (Wildman–Crippen LogP) is 6.45. The zero-order valence-corrected chi connectivity index (χ0v) is 22.5. The fourth-order valence-electron chi connectivity index (χ4n) is 4.17. The highest BCUT2D eigenvalue weighted by Gasteiger charge is 2.30. The summed E-state index contributed by atoms with van der Waals surface area (Å²) < 4.78 is 16.4. The number of thioether (sulfide) groups is 1. The molecule has 1 fully saturated rings. The van der Waals surface area contributed by atoms with Crippen LogP contribution in [-0.2, 0) is 16.1 Å². The molecule has 0 saturated carbocycles. The molecule has 8 heteroatoms. The van der Waals surface area contributed by atoms with Crippen molar-refractivity contribution in [1.82, 2.24) is 4.90 Å². The summed E-state index contributed by atoms with van der Waals surface area (Å²) >= 11 is 1.28. The van der Waals surface area contributed by atoms with E-state index in [0.717, 1.165) is 21.9 Å². The number of carbonyl (C=O) groups is 2. The molecule has 1 saturated heterocycles. The molecule has 0 unspecified atom stereocenters. The van der Waals surface area contributed by atoms with Crippen LogP contribution >= 0.6 is 11.8 Å². The maximum absolute atomic E-state index is 12.9. The Labute approximate surface area is 230 Å². The van der Waals surface area contributed by atoms with E-state index in [1.54, 1.807) is 38.4 Å². The summed E-state index contributed by atoms with van der Waals surface area (Å²) in [5.41, 5.74) is 2.95. The van der Waals surface area contributed by atoms with Gasteiger partial charge >= 0.3 is 5.97 Å². The van der Waals surface area contributed by atoms with Crippen molar-refractivity contribution in [2.24, 2.45) is 4.99 Å². The summed E-state index contributed by atoms with van der Waals surface area (Å²) in [4.78, 5) is 31.2. The highest BCUT2D eigenvalue weighted by Crippen LogP contribution is 2.35. The van der Waals surface area contributed by atoms with E-state index in [2.05, 4.69) is 29.3 Å². The van der Waals surface area contributed by atoms with Crippen molar-refractivity contribution in [2.45, 2.75) is 6.61 Å². The molecule has 0 N–H and O–H groups in total. The number of nitrogens with zero attached hydrogens (tertiary/aromatic N) is 2. The van der Waals surface area contributed by atoms with E-state index >= 15 is 0 Å². The Balaban J connectivity index is 1.32. The average molecular weight is 539 g/mol. The maximum Gasteiger partial charge on any atom is 0.337 e. The number of esters is 1. The van der Waals surface area contributed by atoms with Crippen molar-refractivity contribution in [3.8, 4) is 11.5 Å². The van der Waals surface area contributed by atoms with Crippen molar-refractivity contribution >= 4 is 51.3 Å². The molecule has 0 radical (unpaired) electrons. The van der Waals surface area contributed by atoms with Crippen LogP contribution in [0.2, 0.25) is 0 Å². The lowest BCUT2D eigenvalue weighted by Gasteiger charge is -2.13. The third-order valence-electron chi connectivity index (χ3n) is 6.27. The summed E-state index contributed by atoms with van der Waals surface area (Å²) in [6.07, 6.45) is 1.81. The van der Waals surface area contributed by atoms with Gasteiger partial charge in [0.25, 0.3) is 5.91 Å². The van der Waals surface area contributed by atoms with Gasteiger partial charge < -0.3 is 14.2 Å². The van der Waals surface area contributed by atoms with Crippen LogP contribution in [0, 0.1) is 0 Å². The van der Waals surface area contributed by atoms with Crippen LogP contribution in [0.1, 0.15) is 21.5 Å². The van der Waals surface area contributed by atoms with E-state index in [9.17, 15) is 9.59 Å². The Bertz CT molecular complexity index is 1610. The maximum atomic E-state index is 12.9. The molecule has 196 valence electrons. The molecule has 0 aliphatic carbocycles. The number of amidine groups is 1. The molecule has 4 aromatic rings. The van der Waals surface area contributed by atoms with Crippen molar-refractivity contribution in [3.63, 3.8) is 0 Å². The topological polar surface area (TPSA) is 77.4 Å². The molecule has 1 amide bonds. The quantitative estimate of drug-likeness (QED) is 0.199. The van der Waals surface area contributed by atoms with E-state index in [-0.39, 0.29) is 5.91 Å². The first-order valence-corrected chi connectivity index (χ1v) is 13.0. The highest BCUT2D eigenvalue weighted by atomic mass is 32.2. The molecule has 0 aromatic heterocycles. The third kappa shape index (κ3) is 5.66. The Morgan fingerprint density at radius 3 is 2.49 bits per heavy atom. The SMILES string of the molecule is COC(=O)c1ccc(N=C2SC(=Cc3ccc(OCc4cccc5ccccc45)c(OC)c3)C(=O)N2C)cc1. The number of aliphatic imine (C=N–C) groups is 1. The Kier molecular flexibility index (Phi) is 7.65. The van der Waals surface area contributed by atoms with Crippen LogP contribution in [0.15, 0.2) is 94.8 Å². The monoisotopic (exact) mass is 538 g/mol. The van der Waals surface area contributed by atoms with E-state index in [4.69, 9.17) is 14.2 Å². The van der Waals surface area contributed by atoms with E-state index in [1.165, 1.54) is 23.8 Å². The lowest BCUT2D eigenvalue weighted by molar-refractivity contribution is -0.121. The largest absolute Gasteiger partial charge is 0.493 e. The van der Waals surface area contributed by atoms with Gasteiger partial charge in [-0.25, -0.2) is 9.79 Å². The average Bonchev–Trinajstić information content (AvgIpc) is 3.23. The Morgan fingerprint density at radius 1 is 0.949 bits per heavy atom. The zero-order valence-electron chi connectivity index (χ0n) is 21.7. The second kappa shape index (κ2) is 11.4. The number of fused-ring (bicyclic) bond motifs is 1. The van der Waals surface area contributed by atoms with Gasteiger partial charge in [0.15, 0.2) is 16.7 Å². The summed E-state index contributed by atoms with van der Waals surface area (Å²) in [7, 11) is 4.61. The van der Waals surface area contributed by atoms with Crippen LogP contribution in [0.5, 0.6) is 11.5 Å². The number of amides is 1. The van der Waals surface area contributed by atoms with Crippen molar-refractivity contribution in [1.29, 1.82) is 0 Å². The van der Waals surface area contributed by atoms with Gasteiger partial charge in [0.1, 0.15) is 6.61 Å². The molecule has 1 heterocycles. The Hall–Kier alpha value is -4.56. The van der Waals surface area contributed by atoms with Crippen LogP contribution in [0.25, 0.3) is 16.8 Å². The predicted molar refractivity (Wildman–Crippen MR) is 154 cm³/mol. The van der Waals surface area contributed by atoms with Gasteiger partial charge in [-0.15, -0.1) is 0 Å². The molecule has 0 spiro atoms. The molecule has 1 aliphatic rings. The van der Waals surface area contributed by atoms with Gasteiger partial charge in [-0.2, -0.15) is 0 Å². The molecular formula is C31H26N2O5S. The molecule has 1 aliphatic heterocycles. The number of hydrogen-bond donors (Lipinski definition) is 0. The van der Waals surface area contributed by atoms with Crippen molar-refractivity contribution < 1.29 is 23.8 Å². The number of hydrogen-bond acceptors (Lipinski definition) is 7. The molecular weight excluding hydrogens is 512 g/mol. The van der Waals surface area contributed by atoms with Crippen LogP contribution in [0.3, 0.4) is 0 Å². The fourth-order valence-corrected chi connectivity index (χ4v) is 5.16. The molecule has 4 aromatic carbocycles. The minimum absolute atomic E-state index is 0.153. The summed E-state index contributed by atoms with van der Waals surface area (Å²) in [6.45, 7) is 0.401. The number of likely N-dealkylation sites (N-methyl/N-ethyl adjacent to an activating group) is 1. The van der Waals surface area contributed by atoms with Crippen LogP contribution in [-0.4, -0.2) is 43.2 Å². The number of rotatable bonds is 7. The first kappa shape index (κ1) is 26.1. The second-order valence-corrected chi connectivity index (χ2v) is 9.75. The number of carbonyl (C=O) groups excluding carboxylic acids is 2. The van der Waals surface area contributed by atoms with Gasteiger partial charge in [0, 0.05) is 7.05 Å². The minimum Gasteiger partial charge on any atom is -0.493 e. The fraction of sp³-hybridized carbons (Fsp3) is 0.129. The highest BCUT2D eigenvalue weighted by molar-refractivity contribution is 8.18. The molecule has 7 nitrogen and oxygen atoms in total. The van der Waals surface area contributed by atoms with Gasteiger partial charge in [0.05, 0.1) is 30.4 Å². The minimum atomic E-state index is -0.414. The summed E-state index contributed by atoms with van der Waals surface area (Å²) in [6, 6.07) is 26.7. The zero-order chi connectivity index (χ0) is 27.4. The van der Waals surface area contributed by atoms with Crippen molar-refractivity contribution in [3.05, 3.63) is 107 Å². The standard InChI is InChI=1S/C31H26N2O5S/c1-33-29(34)28(39-31(33)32-24-14-12-22(13-15-24)30(35)37-3)18-20-11-16-26(27(17-20)36-2)38-19-23-9-6-8-21-7-4-5-10-25(21)23/h4-18H,19H2,1-3H3. The third-order valence-corrected chi connectivity index (χ3v) is 7.33. The molecule has 0 atom stereocenters. The van der Waals surface area contributed by atoms with Gasteiger partial charge in [-0.3, -0.25) is 9.69 Å². The smallest absolute Gasteiger partial charge is 0.337 e. The first-order valence-electron chi connectivity index (χ1n) is 12.2. The summed E-state index contributed by atoms with van der Waals surface area (Å²) in [5.74, 6) is 0.628. The second-order valence-electron chi connectivity index (χ2n) is 8.74. The summed E-state index contributed by atoms with van der Waals surface area (Å²) in [5, 5.41) is 2.86. The van der Waals surface area contributed by atoms with Gasteiger partial charge in [-0.05, 0) is 76.1 Å². The van der Waals surface area contributed by atoms with E-state index < -0.39 is 5.97 Å². The van der Waals surface area contributed by atoms with E-state index in [1.807, 2.05) is 42.5 Å². The Morgan fingerprint density at radius 2 is 1.72 bits per heavy atom. The number of benzene rings is 4. The van der Waals surface area contributed by atoms with Crippen molar-refractivity contribution in [2.75, 3.05) is 21.3 Å². The lowest BCUT2D eigenvalue weighted by atomic mass is 10.1. The number of methoxy groups -OCH3 is 2. The van der Waals surface area contributed by atoms with Gasteiger partial charge in [-0.1, -0.05) is 48.5 Å². The van der Waals surface area contributed by atoms with E-state index in [0.29, 0.717) is 39.4 Å². The molecule has 39 heavy (non-hydrogen) atoms. The number of ether oxygens (including phenoxy) is 3. The van der Waals surface area contributed by atoms with Crippen LogP contribution in [0.4, 0.5) is 5.69 Å². The van der Waals surface area contributed by atoms with Gasteiger partial charge in [0.2, 0.25) is 0 Å². The molecule has 0 bridgehead atoms.